The molecular weight excluding hydrogens is 467 g/mol. The molecule has 0 radical (unpaired) electrons. The Morgan fingerprint density at radius 3 is 2.69 bits per heavy atom. The lowest BCUT2D eigenvalue weighted by molar-refractivity contribution is -0.141. The van der Waals surface area contributed by atoms with Crippen LogP contribution in [0.25, 0.3) is 27.8 Å². The van der Waals surface area contributed by atoms with E-state index >= 15 is 4.39 Å². The number of halogens is 1. The highest BCUT2D eigenvalue weighted by atomic mass is 19.1. The second-order valence-corrected chi connectivity index (χ2v) is 7.87. The molecule has 1 amide bonds. The van der Waals surface area contributed by atoms with Gasteiger partial charge in [0.2, 0.25) is 0 Å². The number of aromatic nitrogens is 5. The van der Waals surface area contributed by atoms with Crippen molar-refractivity contribution in [3.05, 3.63) is 72.3 Å². The monoisotopic (exact) mass is 488 g/mol. The van der Waals surface area contributed by atoms with Gasteiger partial charge in [-0.15, -0.1) is 0 Å². The molecule has 0 saturated carbocycles. The molecule has 0 unspecified atom stereocenters. The molecule has 0 aliphatic heterocycles. The van der Waals surface area contributed by atoms with E-state index in [4.69, 9.17) is 9.47 Å². The molecule has 0 fully saturated rings. The molecule has 11 heteroatoms. The first-order valence-electron chi connectivity index (χ1n) is 11.0. The number of amides is 1. The van der Waals surface area contributed by atoms with Crippen molar-refractivity contribution < 1.29 is 23.5 Å². The first-order chi connectivity index (χ1) is 17.4. The van der Waals surface area contributed by atoms with E-state index in [2.05, 4.69) is 20.5 Å². The van der Waals surface area contributed by atoms with Crippen LogP contribution >= 0.6 is 0 Å². The number of hydrogen-bond donors (Lipinski definition) is 1. The van der Waals surface area contributed by atoms with Crippen molar-refractivity contribution in [2.75, 3.05) is 19.0 Å². The van der Waals surface area contributed by atoms with Crippen molar-refractivity contribution in [1.29, 1.82) is 0 Å². The van der Waals surface area contributed by atoms with Gasteiger partial charge in [-0.2, -0.15) is 10.2 Å². The van der Waals surface area contributed by atoms with Crippen LogP contribution in [0.4, 0.5) is 10.2 Å². The maximum atomic E-state index is 15.4. The van der Waals surface area contributed by atoms with Gasteiger partial charge in [-0.25, -0.2) is 18.6 Å². The van der Waals surface area contributed by atoms with Gasteiger partial charge in [-0.05, 0) is 42.5 Å². The van der Waals surface area contributed by atoms with Crippen LogP contribution in [-0.2, 0) is 16.1 Å². The van der Waals surface area contributed by atoms with Gasteiger partial charge in [0.15, 0.2) is 17.3 Å². The summed E-state index contributed by atoms with van der Waals surface area (Å²) in [7, 11) is 1.53. The number of anilines is 1. The van der Waals surface area contributed by atoms with E-state index < -0.39 is 17.7 Å². The van der Waals surface area contributed by atoms with Gasteiger partial charge in [0.05, 0.1) is 30.8 Å². The maximum absolute atomic E-state index is 15.4. The van der Waals surface area contributed by atoms with Crippen LogP contribution in [0.15, 0.2) is 60.9 Å². The number of carbonyl (C=O) groups is 2. The number of pyridine rings is 2. The lowest BCUT2D eigenvalue weighted by Gasteiger charge is -2.06. The molecule has 0 spiro atoms. The SMILES string of the molecule is COc1ccc(C(=O)Nc2nn(CCOC(C)=O)c3nc(-c4cnn5ccccc45)c(F)cc23)cc1. The average molecular weight is 488 g/mol. The van der Waals surface area contributed by atoms with Gasteiger partial charge in [0, 0.05) is 24.2 Å². The van der Waals surface area contributed by atoms with Crippen LogP contribution in [0, 0.1) is 5.82 Å². The Morgan fingerprint density at radius 2 is 1.94 bits per heavy atom. The summed E-state index contributed by atoms with van der Waals surface area (Å²) in [6, 6.07) is 13.3. The normalized spacial score (nSPS) is 11.1. The van der Waals surface area contributed by atoms with E-state index in [1.165, 1.54) is 24.8 Å². The molecule has 0 atom stereocenters. The maximum Gasteiger partial charge on any atom is 0.302 e. The van der Waals surface area contributed by atoms with Gasteiger partial charge in [0.25, 0.3) is 5.91 Å². The molecule has 0 aliphatic carbocycles. The predicted octanol–water partition coefficient (Wildman–Crippen LogP) is 3.71. The number of nitrogens with one attached hydrogen (secondary N) is 1. The van der Waals surface area contributed by atoms with Crippen LogP contribution in [0.5, 0.6) is 5.75 Å². The van der Waals surface area contributed by atoms with Gasteiger partial charge < -0.3 is 14.8 Å². The number of carbonyl (C=O) groups excluding carboxylic acids is 2. The van der Waals surface area contributed by atoms with Crippen molar-refractivity contribution in [3.8, 4) is 17.0 Å². The fourth-order valence-electron chi connectivity index (χ4n) is 3.82. The molecule has 5 rings (SSSR count). The van der Waals surface area contributed by atoms with E-state index in [9.17, 15) is 9.59 Å². The summed E-state index contributed by atoms with van der Waals surface area (Å²) < 4.78 is 28.6. The number of ether oxygens (including phenoxy) is 2. The molecule has 182 valence electrons. The number of nitrogens with zero attached hydrogens (tertiary/aromatic N) is 5. The first-order valence-corrected chi connectivity index (χ1v) is 11.0. The van der Waals surface area contributed by atoms with Crippen LogP contribution in [0.2, 0.25) is 0 Å². The van der Waals surface area contributed by atoms with Crippen LogP contribution in [0.1, 0.15) is 17.3 Å². The topological polar surface area (TPSA) is 113 Å². The van der Waals surface area contributed by atoms with Gasteiger partial charge >= 0.3 is 5.97 Å². The van der Waals surface area contributed by atoms with E-state index in [1.54, 1.807) is 41.2 Å². The number of benzene rings is 1. The van der Waals surface area contributed by atoms with Crippen molar-refractivity contribution in [2.45, 2.75) is 13.5 Å². The Hall–Kier alpha value is -4.80. The minimum absolute atomic E-state index is 0.0308. The quantitative estimate of drug-likeness (QED) is 0.348. The molecule has 0 saturated heterocycles. The Labute approximate surface area is 204 Å². The smallest absolute Gasteiger partial charge is 0.302 e. The number of methoxy groups -OCH3 is 1. The number of rotatable bonds is 7. The lowest BCUT2D eigenvalue weighted by Crippen LogP contribution is -2.14. The van der Waals surface area contributed by atoms with Crippen LogP contribution < -0.4 is 10.1 Å². The summed E-state index contributed by atoms with van der Waals surface area (Å²) in [5, 5.41) is 11.7. The molecule has 0 aliphatic rings. The summed E-state index contributed by atoms with van der Waals surface area (Å²) in [6.45, 7) is 1.49. The Kier molecular flexibility index (Phi) is 6.03. The van der Waals surface area contributed by atoms with Crippen LogP contribution in [0.3, 0.4) is 0 Å². The Morgan fingerprint density at radius 1 is 1.14 bits per heavy atom. The largest absolute Gasteiger partial charge is 0.497 e. The molecule has 36 heavy (non-hydrogen) atoms. The lowest BCUT2D eigenvalue weighted by atomic mass is 10.1. The standard InChI is InChI=1S/C25H21FN6O4/c1-15(33)36-12-11-32-24-18(23(30-32)29-25(34)16-6-8-17(35-2)9-7-16)13-20(26)22(28-24)19-14-27-31-10-4-3-5-21(19)31/h3-10,13-14H,11-12H2,1-2H3,(H,29,30,34). The second-order valence-electron chi connectivity index (χ2n) is 7.87. The molecule has 5 aromatic rings. The molecule has 1 aromatic carbocycles. The van der Waals surface area contributed by atoms with E-state index in [0.29, 0.717) is 33.4 Å². The Balaban J connectivity index is 1.56. The third kappa shape index (κ3) is 4.33. The second kappa shape index (κ2) is 9.45. The number of esters is 1. The fourth-order valence-corrected chi connectivity index (χ4v) is 3.82. The van der Waals surface area contributed by atoms with Crippen LogP contribution in [-0.4, -0.2) is 50.0 Å². The summed E-state index contributed by atoms with van der Waals surface area (Å²) in [5.74, 6) is -0.729. The third-order valence-electron chi connectivity index (χ3n) is 5.55. The highest BCUT2D eigenvalue weighted by Gasteiger charge is 2.21. The summed E-state index contributed by atoms with van der Waals surface area (Å²) in [6.07, 6.45) is 3.30. The van der Waals surface area contributed by atoms with Gasteiger partial charge in [0.1, 0.15) is 18.1 Å². The number of fused-ring (bicyclic) bond motifs is 2. The highest BCUT2D eigenvalue weighted by Crippen LogP contribution is 2.31. The molecule has 1 N–H and O–H groups in total. The van der Waals surface area contributed by atoms with E-state index in [0.717, 1.165) is 0 Å². The fraction of sp³-hybridized carbons (Fsp3) is 0.160. The summed E-state index contributed by atoms with van der Waals surface area (Å²) >= 11 is 0. The van der Waals surface area contributed by atoms with Crippen molar-refractivity contribution in [3.63, 3.8) is 0 Å². The highest BCUT2D eigenvalue weighted by molar-refractivity contribution is 6.07. The molecular formula is C25H21FN6O4. The predicted molar refractivity (Wildman–Crippen MR) is 129 cm³/mol. The van der Waals surface area contributed by atoms with Crippen molar-refractivity contribution in [2.24, 2.45) is 0 Å². The summed E-state index contributed by atoms with van der Waals surface area (Å²) in [4.78, 5) is 28.6. The average Bonchev–Trinajstić information content (AvgIpc) is 3.44. The first kappa shape index (κ1) is 23.0. The molecule has 4 aromatic heterocycles. The Bertz CT molecular complexity index is 1590. The molecule has 4 heterocycles. The van der Waals surface area contributed by atoms with Crippen molar-refractivity contribution >= 4 is 34.2 Å². The molecule has 0 bridgehead atoms. The third-order valence-corrected chi connectivity index (χ3v) is 5.55. The van der Waals surface area contributed by atoms with E-state index in [1.807, 2.05) is 18.2 Å². The zero-order valence-corrected chi connectivity index (χ0v) is 19.4. The van der Waals surface area contributed by atoms with Gasteiger partial charge in [-0.3, -0.25) is 9.59 Å². The number of hydrogen-bond acceptors (Lipinski definition) is 7. The molecule has 10 nitrogen and oxygen atoms in total. The summed E-state index contributed by atoms with van der Waals surface area (Å²) in [5.41, 5.74) is 1.97. The van der Waals surface area contributed by atoms with Crippen molar-refractivity contribution in [1.82, 2.24) is 24.4 Å². The van der Waals surface area contributed by atoms with Gasteiger partial charge in [-0.1, -0.05) is 6.07 Å². The minimum atomic E-state index is -0.597. The zero-order chi connectivity index (χ0) is 25.2. The van der Waals surface area contributed by atoms with E-state index in [-0.39, 0.29) is 24.7 Å². The zero-order valence-electron chi connectivity index (χ0n) is 19.4. The minimum Gasteiger partial charge on any atom is -0.497 e.